The van der Waals surface area contributed by atoms with Gasteiger partial charge in [-0.05, 0) is 24.3 Å². The fourth-order valence-electron chi connectivity index (χ4n) is 3.25. The van der Waals surface area contributed by atoms with Gasteiger partial charge in [-0.15, -0.1) is 0 Å². The van der Waals surface area contributed by atoms with Crippen molar-refractivity contribution in [1.82, 2.24) is 0 Å². The molecule has 5 atom stereocenters. The van der Waals surface area contributed by atoms with Gasteiger partial charge in [0.25, 0.3) is 0 Å². The Morgan fingerprint density at radius 1 is 1.07 bits per heavy atom. The Balaban J connectivity index is 1.92. The van der Waals surface area contributed by atoms with Gasteiger partial charge in [-0.3, -0.25) is 0 Å². The van der Waals surface area contributed by atoms with Crippen LogP contribution in [0.1, 0.15) is 11.1 Å². The Labute approximate surface area is 167 Å². The van der Waals surface area contributed by atoms with Crippen LogP contribution < -0.4 is 4.74 Å². The SMILES string of the molecule is CO[C@]1(c2ccc(Cl)c(COc3ccccc3)c2)O[C@H](CO)[C@H](O)[C@@H](O)[C@H]1O. The smallest absolute Gasteiger partial charge is 0.224 e. The summed E-state index contributed by atoms with van der Waals surface area (Å²) < 4.78 is 16.9. The zero-order valence-electron chi connectivity index (χ0n) is 15.2. The van der Waals surface area contributed by atoms with Crippen LogP contribution in [0.3, 0.4) is 0 Å². The van der Waals surface area contributed by atoms with Gasteiger partial charge < -0.3 is 34.6 Å². The molecule has 28 heavy (non-hydrogen) atoms. The van der Waals surface area contributed by atoms with Crippen molar-refractivity contribution in [3.63, 3.8) is 0 Å². The molecule has 2 aromatic carbocycles. The molecule has 0 spiro atoms. The summed E-state index contributed by atoms with van der Waals surface area (Å²) in [5.74, 6) is -1.13. The van der Waals surface area contributed by atoms with Crippen LogP contribution in [0.15, 0.2) is 48.5 Å². The highest BCUT2D eigenvalue weighted by atomic mass is 35.5. The zero-order chi connectivity index (χ0) is 20.3. The van der Waals surface area contributed by atoms with Crippen LogP contribution in [0, 0.1) is 0 Å². The molecule has 0 amide bonds. The van der Waals surface area contributed by atoms with Crippen LogP contribution in [0.5, 0.6) is 5.75 Å². The molecule has 1 fully saturated rings. The Morgan fingerprint density at radius 2 is 1.79 bits per heavy atom. The molecule has 3 rings (SSSR count). The van der Waals surface area contributed by atoms with Crippen molar-refractivity contribution in [3.05, 3.63) is 64.7 Å². The molecule has 152 valence electrons. The fourth-order valence-corrected chi connectivity index (χ4v) is 3.42. The molecule has 1 heterocycles. The Kier molecular flexibility index (Phi) is 6.57. The van der Waals surface area contributed by atoms with E-state index >= 15 is 0 Å². The van der Waals surface area contributed by atoms with Crippen molar-refractivity contribution in [2.45, 2.75) is 36.8 Å². The Hall–Kier alpha value is -1.71. The summed E-state index contributed by atoms with van der Waals surface area (Å²) in [6, 6.07) is 14.0. The second-order valence-electron chi connectivity index (χ2n) is 6.54. The number of hydrogen-bond acceptors (Lipinski definition) is 7. The molecule has 8 heteroatoms. The molecule has 0 saturated carbocycles. The third kappa shape index (κ3) is 3.88. The van der Waals surface area contributed by atoms with Gasteiger partial charge in [0.1, 0.15) is 36.8 Å². The summed E-state index contributed by atoms with van der Waals surface area (Å²) in [5.41, 5.74) is 0.972. The molecule has 0 unspecified atom stereocenters. The highest BCUT2D eigenvalue weighted by Gasteiger charge is 2.55. The molecular weight excluding hydrogens is 388 g/mol. The van der Waals surface area contributed by atoms with Crippen molar-refractivity contribution < 1.29 is 34.6 Å². The summed E-state index contributed by atoms with van der Waals surface area (Å²) in [4.78, 5) is 0. The molecule has 7 nitrogen and oxygen atoms in total. The number of rotatable bonds is 6. The largest absolute Gasteiger partial charge is 0.489 e. The first-order valence-electron chi connectivity index (χ1n) is 8.77. The van der Waals surface area contributed by atoms with E-state index in [0.29, 0.717) is 21.9 Å². The van der Waals surface area contributed by atoms with Gasteiger partial charge in [-0.25, -0.2) is 0 Å². The molecular formula is C20H23ClO7. The normalized spacial score (nSPS) is 30.2. The molecule has 0 radical (unpaired) electrons. The third-order valence-corrected chi connectivity index (χ3v) is 5.21. The fraction of sp³-hybridized carbons (Fsp3) is 0.400. The number of methoxy groups -OCH3 is 1. The third-order valence-electron chi connectivity index (χ3n) is 4.84. The quantitative estimate of drug-likeness (QED) is 0.566. The van der Waals surface area contributed by atoms with E-state index in [4.69, 9.17) is 25.8 Å². The van der Waals surface area contributed by atoms with Crippen LogP contribution in [0.25, 0.3) is 0 Å². The number of aliphatic hydroxyl groups excluding tert-OH is 4. The number of hydrogen-bond donors (Lipinski definition) is 4. The number of benzene rings is 2. The van der Waals surface area contributed by atoms with Gasteiger partial charge in [0, 0.05) is 23.3 Å². The van der Waals surface area contributed by atoms with Crippen LogP contribution >= 0.6 is 11.6 Å². The molecule has 1 saturated heterocycles. The van der Waals surface area contributed by atoms with E-state index in [1.54, 1.807) is 18.2 Å². The maximum absolute atomic E-state index is 10.6. The van der Waals surface area contributed by atoms with Crippen molar-refractivity contribution >= 4 is 11.6 Å². The van der Waals surface area contributed by atoms with Crippen LogP contribution in [-0.2, 0) is 21.9 Å². The van der Waals surface area contributed by atoms with Crippen LogP contribution in [0.2, 0.25) is 5.02 Å². The average Bonchev–Trinajstić information content (AvgIpc) is 2.73. The predicted molar refractivity (Wildman–Crippen MR) is 101 cm³/mol. The highest BCUT2D eigenvalue weighted by Crippen LogP contribution is 2.40. The monoisotopic (exact) mass is 410 g/mol. The van der Waals surface area contributed by atoms with Crippen molar-refractivity contribution in [2.75, 3.05) is 13.7 Å². The first kappa shape index (κ1) is 21.0. The maximum atomic E-state index is 10.6. The van der Waals surface area contributed by atoms with Gasteiger partial charge in [0.15, 0.2) is 0 Å². The summed E-state index contributed by atoms with van der Waals surface area (Å²) in [7, 11) is 1.30. The standard InChI is InChI=1S/C20H23ClO7/c1-26-20(19(25)18(24)17(23)16(10-22)28-20)13-7-8-15(21)12(9-13)11-27-14-5-3-2-4-6-14/h2-9,16-19,22-25H,10-11H2,1H3/t16-,17+,18-,19-,20-/m1/s1. The predicted octanol–water partition coefficient (Wildman–Crippen LogP) is 1.19. The minimum Gasteiger partial charge on any atom is -0.489 e. The van der Waals surface area contributed by atoms with Gasteiger partial charge in [-0.2, -0.15) is 0 Å². The first-order chi connectivity index (χ1) is 13.4. The lowest BCUT2D eigenvalue weighted by atomic mass is 9.87. The van der Waals surface area contributed by atoms with Gasteiger partial charge in [0.2, 0.25) is 5.79 Å². The van der Waals surface area contributed by atoms with Gasteiger partial charge in [0.05, 0.1) is 6.61 Å². The highest BCUT2D eigenvalue weighted by molar-refractivity contribution is 6.31. The zero-order valence-corrected chi connectivity index (χ0v) is 16.0. The summed E-state index contributed by atoms with van der Waals surface area (Å²) >= 11 is 6.28. The molecule has 2 aromatic rings. The van der Waals surface area contributed by atoms with Crippen molar-refractivity contribution in [2.24, 2.45) is 0 Å². The van der Waals surface area contributed by atoms with E-state index in [0.717, 1.165) is 0 Å². The van der Waals surface area contributed by atoms with E-state index in [-0.39, 0.29) is 6.61 Å². The first-order valence-corrected chi connectivity index (χ1v) is 9.15. The summed E-state index contributed by atoms with van der Waals surface area (Å²) in [6.07, 6.45) is -5.78. The number of aliphatic hydroxyl groups is 4. The van der Waals surface area contributed by atoms with Gasteiger partial charge >= 0.3 is 0 Å². The lowest BCUT2D eigenvalue weighted by Gasteiger charge is -2.47. The van der Waals surface area contributed by atoms with Crippen molar-refractivity contribution in [3.8, 4) is 5.75 Å². The summed E-state index contributed by atoms with van der Waals surface area (Å²) in [6.45, 7) is -0.408. The molecule has 1 aliphatic rings. The van der Waals surface area contributed by atoms with E-state index in [1.165, 1.54) is 7.11 Å². The minimum atomic E-state index is -1.79. The second kappa shape index (κ2) is 8.75. The van der Waals surface area contributed by atoms with E-state index in [9.17, 15) is 20.4 Å². The van der Waals surface area contributed by atoms with Gasteiger partial charge in [-0.1, -0.05) is 35.9 Å². The van der Waals surface area contributed by atoms with E-state index < -0.39 is 36.8 Å². The van der Waals surface area contributed by atoms with E-state index in [2.05, 4.69) is 0 Å². The number of halogens is 1. The van der Waals surface area contributed by atoms with Crippen LogP contribution in [-0.4, -0.2) is 58.6 Å². The topological polar surface area (TPSA) is 109 Å². The molecule has 0 aliphatic carbocycles. The van der Waals surface area contributed by atoms with E-state index in [1.807, 2.05) is 30.3 Å². The molecule has 4 N–H and O–H groups in total. The Bertz CT molecular complexity index is 785. The minimum absolute atomic E-state index is 0.154. The second-order valence-corrected chi connectivity index (χ2v) is 6.95. The average molecular weight is 411 g/mol. The van der Waals surface area contributed by atoms with Crippen molar-refractivity contribution in [1.29, 1.82) is 0 Å². The van der Waals surface area contributed by atoms with Crippen LogP contribution in [0.4, 0.5) is 0 Å². The molecule has 0 bridgehead atoms. The summed E-state index contributed by atoms with van der Waals surface area (Å²) in [5, 5.41) is 40.7. The lowest BCUT2D eigenvalue weighted by Crippen LogP contribution is -2.64. The number of para-hydroxylation sites is 1. The number of ether oxygens (including phenoxy) is 3. The molecule has 1 aliphatic heterocycles. The Morgan fingerprint density at radius 3 is 2.43 bits per heavy atom. The molecule has 0 aromatic heterocycles. The maximum Gasteiger partial charge on any atom is 0.224 e. The lowest BCUT2D eigenvalue weighted by molar-refractivity contribution is -0.366.